The molecule has 1 aromatic carbocycles. The molecule has 6 heteroatoms. The maximum absolute atomic E-state index is 10.5. The number of carboxylic acid groups (broad SMARTS) is 1. The summed E-state index contributed by atoms with van der Waals surface area (Å²) in [5.74, 6) is -0.355. The van der Waals surface area contributed by atoms with Gasteiger partial charge in [-0.25, -0.2) is 0 Å². The van der Waals surface area contributed by atoms with Gasteiger partial charge in [-0.15, -0.1) is 24.8 Å². The van der Waals surface area contributed by atoms with Crippen molar-refractivity contribution in [3.8, 4) is 5.75 Å². The van der Waals surface area contributed by atoms with Crippen LogP contribution in [-0.2, 0) is 4.79 Å². The molecule has 1 atom stereocenters. The smallest absolute Gasteiger partial charge is 0.325 e. The quantitative estimate of drug-likeness (QED) is 0.859. The number of nitrogens with two attached hydrogens (primary N) is 1. The molecule has 0 aliphatic carbocycles. The number of carboxylic acids is 1. The molecule has 4 nitrogen and oxygen atoms in total. The maximum Gasteiger partial charge on any atom is 0.325 e. The minimum atomic E-state index is -1.04. The van der Waals surface area contributed by atoms with E-state index in [1.807, 2.05) is 0 Å². The van der Waals surface area contributed by atoms with Crippen LogP contribution in [0.3, 0.4) is 0 Å². The molecule has 1 rings (SSSR count). The van der Waals surface area contributed by atoms with E-state index in [9.17, 15) is 4.79 Å². The standard InChI is InChI=1S/C9H11NO3.2ClH/c1-13-7-4-2-6(3-5-7)8(10)9(11)12;;/h2-5,8H,10H2,1H3,(H,11,12);2*1H. The molecule has 0 aliphatic rings. The van der Waals surface area contributed by atoms with Gasteiger partial charge in [-0.3, -0.25) is 4.79 Å². The number of hydrogen-bond acceptors (Lipinski definition) is 3. The van der Waals surface area contributed by atoms with E-state index in [1.165, 1.54) is 0 Å². The zero-order valence-electron chi connectivity index (χ0n) is 8.04. The first kappa shape index (κ1) is 16.5. The van der Waals surface area contributed by atoms with E-state index in [0.717, 1.165) is 0 Å². The van der Waals surface area contributed by atoms with Crippen LogP contribution in [0.2, 0.25) is 0 Å². The van der Waals surface area contributed by atoms with Crippen molar-refractivity contribution in [2.45, 2.75) is 6.04 Å². The van der Waals surface area contributed by atoms with Gasteiger partial charge in [-0.05, 0) is 17.7 Å². The number of aliphatic carboxylic acids is 1. The summed E-state index contributed by atoms with van der Waals surface area (Å²) in [5.41, 5.74) is 5.95. The van der Waals surface area contributed by atoms with E-state index in [1.54, 1.807) is 31.4 Å². The summed E-state index contributed by atoms with van der Waals surface area (Å²) in [4.78, 5) is 10.5. The summed E-state index contributed by atoms with van der Waals surface area (Å²) >= 11 is 0. The van der Waals surface area contributed by atoms with Gasteiger partial charge in [0.1, 0.15) is 11.8 Å². The van der Waals surface area contributed by atoms with Gasteiger partial charge in [0, 0.05) is 0 Å². The lowest BCUT2D eigenvalue weighted by atomic mass is 10.1. The fourth-order valence-corrected chi connectivity index (χ4v) is 0.954. The highest BCUT2D eigenvalue weighted by molar-refractivity contribution is 5.85. The van der Waals surface area contributed by atoms with Crippen molar-refractivity contribution in [3.05, 3.63) is 29.8 Å². The van der Waals surface area contributed by atoms with Crippen LogP contribution in [0.4, 0.5) is 0 Å². The van der Waals surface area contributed by atoms with Gasteiger partial charge in [0.2, 0.25) is 0 Å². The van der Waals surface area contributed by atoms with Crippen LogP contribution in [0.5, 0.6) is 5.75 Å². The average molecular weight is 254 g/mol. The van der Waals surface area contributed by atoms with Crippen LogP contribution < -0.4 is 10.5 Å². The molecule has 15 heavy (non-hydrogen) atoms. The third-order valence-corrected chi connectivity index (χ3v) is 1.74. The Labute approximate surface area is 100 Å². The molecule has 0 saturated carbocycles. The first-order chi connectivity index (χ1) is 6.15. The number of rotatable bonds is 3. The molecule has 0 aromatic heterocycles. The van der Waals surface area contributed by atoms with E-state index in [4.69, 9.17) is 15.6 Å². The minimum Gasteiger partial charge on any atom is -0.497 e. The highest BCUT2D eigenvalue weighted by Gasteiger charge is 2.13. The van der Waals surface area contributed by atoms with Crippen molar-refractivity contribution >= 4 is 30.8 Å². The van der Waals surface area contributed by atoms with Gasteiger partial charge < -0.3 is 15.6 Å². The van der Waals surface area contributed by atoms with Crippen LogP contribution in [0.1, 0.15) is 11.6 Å². The molecule has 3 N–H and O–H groups in total. The largest absolute Gasteiger partial charge is 0.497 e. The summed E-state index contributed by atoms with van der Waals surface area (Å²) in [6.45, 7) is 0. The van der Waals surface area contributed by atoms with Crippen molar-refractivity contribution in [1.29, 1.82) is 0 Å². The third-order valence-electron chi connectivity index (χ3n) is 1.74. The molecular formula is C9H13Cl2NO3. The van der Waals surface area contributed by atoms with E-state index in [-0.39, 0.29) is 24.8 Å². The summed E-state index contributed by atoms with van der Waals surface area (Å²) in [6.07, 6.45) is 0. The van der Waals surface area contributed by atoms with Crippen LogP contribution in [-0.4, -0.2) is 18.2 Å². The Morgan fingerprint density at radius 1 is 1.33 bits per heavy atom. The van der Waals surface area contributed by atoms with Crippen LogP contribution in [0.15, 0.2) is 24.3 Å². The van der Waals surface area contributed by atoms with Crippen molar-refractivity contribution < 1.29 is 14.6 Å². The molecule has 0 heterocycles. The maximum atomic E-state index is 10.5. The minimum absolute atomic E-state index is 0. The summed E-state index contributed by atoms with van der Waals surface area (Å²) in [5, 5.41) is 8.61. The third kappa shape index (κ3) is 4.38. The van der Waals surface area contributed by atoms with Gasteiger partial charge >= 0.3 is 5.97 Å². The van der Waals surface area contributed by atoms with Crippen molar-refractivity contribution in [2.24, 2.45) is 5.73 Å². The molecule has 0 saturated heterocycles. The van der Waals surface area contributed by atoms with E-state index >= 15 is 0 Å². The zero-order valence-corrected chi connectivity index (χ0v) is 9.68. The monoisotopic (exact) mass is 253 g/mol. The van der Waals surface area contributed by atoms with Gasteiger partial charge in [0.15, 0.2) is 0 Å². The van der Waals surface area contributed by atoms with Gasteiger partial charge in [0.05, 0.1) is 7.11 Å². The summed E-state index contributed by atoms with van der Waals surface area (Å²) < 4.78 is 4.92. The Morgan fingerprint density at radius 2 is 1.80 bits per heavy atom. The Kier molecular flexibility index (Phi) is 8.05. The Morgan fingerprint density at radius 3 is 2.13 bits per heavy atom. The number of benzene rings is 1. The topological polar surface area (TPSA) is 72.5 Å². The normalized spacial score (nSPS) is 10.5. The molecule has 0 radical (unpaired) electrons. The zero-order chi connectivity index (χ0) is 9.84. The number of halogens is 2. The lowest BCUT2D eigenvalue weighted by Gasteiger charge is -2.06. The van der Waals surface area contributed by atoms with Gasteiger partial charge in [-0.2, -0.15) is 0 Å². The molecule has 0 amide bonds. The van der Waals surface area contributed by atoms with Gasteiger partial charge in [0.25, 0.3) is 0 Å². The Hall–Kier alpha value is -0.970. The highest BCUT2D eigenvalue weighted by Crippen LogP contribution is 2.15. The summed E-state index contributed by atoms with van der Waals surface area (Å²) in [6, 6.07) is 5.66. The molecule has 0 bridgehead atoms. The van der Waals surface area contributed by atoms with E-state index in [0.29, 0.717) is 11.3 Å². The van der Waals surface area contributed by atoms with E-state index < -0.39 is 12.0 Å². The number of ether oxygens (including phenoxy) is 1. The fraction of sp³-hybridized carbons (Fsp3) is 0.222. The van der Waals surface area contributed by atoms with Crippen molar-refractivity contribution in [1.82, 2.24) is 0 Å². The number of methoxy groups -OCH3 is 1. The second-order valence-corrected chi connectivity index (χ2v) is 2.59. The van der Waals surface area contributed by atoms with Gasteiger partial charge in [-0.1, -0.05) is 12.1 Å². The molecule has 86 valence electrons. The molecular weight excluding hydrogens is 241 g/mol. The van der Waals surface area contributed by atoms with Crippen LogP contribution in [0, 0.1) is 0 Å². The molecule has 1 aromatic rings. The predicted molar refractivity (Wildman–Crippen MR) is 62.1 cm³/mol. The number of hydrogen-bond donors (Lipinski definition) is 2. The molecule has 0 fully saturated rings. The average Bonchev–Trinajstić information content (AvgIpc) is 2.17. The van der Waals surface area contributed by atoms with Crippen LogP contribution >= 0.6 is 24.8 Å². The lowest BCUT2D eigenvalue weighted by Crippen LogP contribution is -2.20. The SMILES string of the molecule is COc1ccc(C(N)C(=O)O)cc1.Cl.Cl. The predicted octanol–water partition coefficient (Wildman–Crippen LogP) is 1.62. The first-order valence-corrected chi connectivity index (χ1v) is 3.77. The molecule has 0 spiro atoms. The van der Waals surface area contributed by atoms with Crippen molar-refractivity contribution in [3.63, 3.8) is 0 Å². The van der Waals surface area contributed by atoms with E-state index in [2.05, 4.69) is 0 Å². The number of carbonyl (C=O) groups is 1. The van der Waals surface area contributed by atoms with Crippen LogP contribution in [0.25, 0.3) is 0 Å². The highest BCUT2D eigenvalue weighted by atomic mass is 35.5. The Bertz CT molecular complexity index is 303. The lowest BCUT2D eigenvalue weighted by molar-refractivity contribution is -0.138. The van der Waals surface area contributed by atoms with Crippen molar-refractivity contribution in [2.75, 3.05) is 7.11 Å². The first-order valence-electron chi connectivity index (χ1n) is 3.77. The summed E-state index contributed by atoms with van der Waals surface area (Å²) in [7, 11) is 1.55. The second-order valence-electron chi connectivity index (χ2n) is 2.59. The Balaban J connectivity index is 0. The fourth-order valence-electron chi connectivity index (χ4n) is 0.954. The second kappa shape index (κ2) is 7.34. The molecule has 1 unspecified atom stereocenters. The molecule has 0 aliphatic heterocycles.